The van der Waals surface area contributed by atoms with Gasteiger partial charge in [-0.25, -0.2) is 0 Å². The molecule has 0 bridgehead atoms. The molecule has 0 unspecified atom stereocenters. The molecule has 2 N–H and O–H groups in total. The third-order valence-electron chi connectivity index (χ3n) is 3.37. The van der Waals surface area contributed by atoms with Crippen LogP contribution in [0.25, 0.3) is 0 Å². The van der Waals surface area contributed by atoms with Crippen LogP contribution >= 0.6 is 12.4 Å². The predicted molar refractivity (Wildman–Crippen MR) is 90.3 cm³/mol. The fourth-order valence-corrected chi connectivity index (χ4v) is 2.18. The summed E-state index contributed by atoms with van der Waals surface area (Å²) in [5, 5.41) is 13.0. The molecule has 22 heavy (non-hydrogen) atoms. The minimum atomic E-state index is 0. The summed E-state index contributed by atoms with van der Waals surface area (Å²) in [4.78, 5) is 0. The lowest BCUT2D eigenvalue weighted by Crippen LogP contribution is -2.17. The Morgan fingerprint density at radius 1 is 1.00 bits per heavy atom. The third-order valence-corrected chi connectivity index (χ3v) is 3.37. The lowest BCUT2D eigenvalue weighted by molar-refractivity contribution is 0.398. The second-order valence-corrected chi connectivity index (χ2v) is 4.73. The maximum atomic E-state index is 9.70. The van der Waals surface area contributed by atoms with Crippen LogP contribution in [0.4, 0.5) is 0 Å². The molecule has 0 aliphatic heterocycles. The van der Waals surface area contributed by atoms with Crippen molar-refractivity contribution in [3.05, 3.63) is 53.6 Å². The Morgan fingerprint density at radius 2 is 1.77 bits per heavy atom. The maximum absolute atomic E-state index is 9.70. The Morgan fingerprint density at radius 3 is 2.45 bits per heavy atom. The van der Waals surface area contributed by atoms with Gasteiger partial charge in [-0.3, -0.25) is 0 Å². The molecular formula is C17H22ClNO3. The molecule has 0 saturated carbocycles. The van der Waals surface area contributed by atoms with Gasteiger partial charge in [0.25, 0.3) is 0 Å². The van der Waals surface area contributed by atoms with Gasteiger partial charge in [0.1, 0.15) is 17.2 Å². The number of nitrogens with one attached hydrogen (secondary N) is 1. The smallest absolute Gasteiger partial charge is 0.122 e. The lowest BCUT2D eigenvalue weighted by Gasteiger charge is -2.11. The topological polar surface area (TPSA) is 50.7 Å². The highest BCUT2D eigenvalue weighted by molar-refractivity contribution is 5.85. The molecule has 0 spiro atoms. The van der Waals surface area contributed by atoms with Gasteiger partial charge in [-0.15, -0.1) is 12.4 Å². The summed E-state index contributed by atoms with van der Waals surface area (Å²) in [5.41, 5.74) is 2.00. The number of hydrogen-bond acceptors (Lipinski definition) is 4. The van der Waals surface area contributed by atoms with Crippen LogP contribution in [0, 0.1) is 0 Å². The van der Waals surface area contributed by atoms with E-state index in [1.54, 1.807) is 20.3 Å². The van der Waals surface area contributed by atoms with Crippen molar-refractivity contribution >= 4 is 12.4 Å². The largest absolute Gasteiger partial charge is 0.508 e. The molecule has 0 heterocycles. The zero-order valence-electron chi connectivity index (χ0n) is 12.8. The first kappa shape index (κ1) is 18.1. The van der Waals surface area contributed by atoms with Crippen LogP contribution in [-0.2, 0) is 13.0 Å². The van der Waals surface area contributed by atoms with E-state index in [0.29, 0.717) is 12.3 Å². The number of para-hydroxylation sites is 1. The van der Waals surface area contributed by atoms with Crippen LogP contribution in [0.1, 0.15) is 11.1 Å². The molecule has 4 nitrogen and oxygen atoms in total. The molecule has 2 aromatic carbocycles. The minimum absolute atomic E-state index is 0. The van der Waals surface area contributed by atoms with Gasteiger partial charge in [0.15, 0.2) is 0 Å². The van der Waals surface area contributed by atoms with Crippen molar-refractivity contribution in [3.8, 4) is 17.2 Å². The SMILES string of the molecule is COc1ccc(OC)c(CCNCc2ccccc2O)c1.Cl. The molecule has 2 aromatic rings. The lowest BCUT2D eigenvalue weighted by atomic mass is 10.1. The number of ether oxygens (including phenoxy) is 2. The molecule has 0 saturated heterocycles. The van der Waals surface area contributed by atoms with E-state index in [2.05, 4.69) is 5.32 Å². The fraction of sp³-hybridized carbons (Fsp3) is 0.294. The van der Waals surface area contributed by atoms with E-state index in [9.17, 15) is 5.11 Å². The standard InChI is InChI=1S/C17H21NO3.ClH/c1-20-15-7-8-17(21-2)13(11-15)9-10-18-12-14-5-3-4-6-16(14)19;/h3-8,11,18-19H,9-10,12H2,1-2H3;1H. The Kier molecular flexibility index (Phi) is 7.57. The number of phenols is 1. The van der Waals surface area contributed by atoms with E-state index in [1.807, 2.05) is 36.4 Å². The molecule has 120 valence electrons. The van der Waals surface area contributed by atoms with Crippen LogP contribution in [0.5, 0.6) is 17.2 Å². The number of halogens is 1. The van der Waals surface area contributed by atoms with Gasteiger partial charge in [0.2, 0.25) is 0 Å². The van der Waals surface area contributed by atoms with Gasteiger partial charge in [-0.2, -0.15) is 0 Å². The number of benzene rings is 2. The first-order chi connectivity index (χ1) is 10.2. The van der Waals surface area contributed by atoms with Crippen molar-refractivity contribution in [1.82, 2.24) is 5.32 Å². The zero-order chi connectivity index (χ0) is 15.1. The van der Waals surface area contributed by atoms with E-state index in [-0.39, 0.29) is 12.4 Å². The van der Waals surface area contributed by atoms with Gasteiger partial charge in [-0.1, -0.05) is 18.2 Å². The fourth-order valence-electron chi connectivity index (χ4n) is 2.18. The number of rotatable bonds is 7. The normalized spacial score (nSPS) is 9.91. The number of aromatic hydroxyl groups is 1. The van der Waals surface area contributed by atoms with Gasteiger partial charge >= 0.3 is 0 Å². The van der Waals surface area contributed by atoms with Crippen LogP contribution in [0.3, 0.4) is 0 Å². The summed E-state index contributed by atoms with van der Waals surface area (Å²) in [6.45, 7) is 1.43. The van der Waals surface area contributed by atoms with E-state index < -0.39 is 0 Å². The van der Waals surface area contributed by atoms with Gasteiger partial charge in [-0.05, 0) is 42.8 Å². The molecule has 0 aromatic heterocycles. The van der Waals surface area contributed by atoms with Crippen molar-refractivity contribution in [2.75, 3.05) is 20.8 Å². The van der Waals surface area contributed by atoms with Crippen LogP contribution in [0.15, 0.2) is 42.5 Å². The van der Waals surface area contributed by atoms with Gasteiger partial charge in [0.05, 0.1) is 14.2 Å². The van der Waals surface area contributed by atoms with Crippen molar-refractivity contribution in [3.63, 3.8) is 0 Å². The summed E-state index contributed by atoms with van der Waals surface area (Å²) >= 11 is 0. The first-order valence-corrected chi connectivity index (χ1v) is 6.93. The van der Waals surface area contributed by atoms with Crippen LogP contribution in [0.2, 0.25) is 0 Å². The zero-order valence-corrected chi connectivity index (χ0v) is 13.7. The highest BCUT2D eigenvalue weighted by Crippen LogP contribution is 2.24. The summed E-state index contributed by atoms with van der Waals surface area (Å²) in [6.07, 6.45) is 0.827. The van der Waals surface area contributed by atoms with Crippen LogP contribution in [-0.4, -0.2) is 25.9 Å². The third kappa shape index (κ3) is 4.83. The van der Waals surface area contributed by atoms with E-state index in [1.165, 1.54) is 0 Å². The Bertz CT molecular complexity index is 590. The minimum Gasteiger partial charge on any atom is -0.508 e. The highest BCUT2D eigenvalue weighted by atomic mass is 35.5. The summed E-state index contributed by atoms with van der Waals surface area (Å²) in [7, 11) is 3.32. The summed E-state index contributed by atoms with van der Waals surface area (Å²) in [6, 6.07) is 13.1. The molecule has 0 atom stereocenters. The summed E-state index contributed by atoms with van der Waals surface area (Å²) in [5.74, 6) is 2.01. The van der Waals surface area contributed by atoms with Gasteiger partial charge in [0, 0.05) is 12.1 Å². The Labute approximate surface area is 137 Å². The average Bonchev–Trinajstić information content (AvgIpc) is 2.52. The average molecular weight is 324 g/mol. The highest BCUT2D eigenvalue weighted by Gasteiger charge is 2.05. The Balaban J connectivity index is 0.00000242. The monoisotopic (exact) mass is 323 g/mol. The second-order valence-electron chi connectivity index (χ2n) is 4.73. The molecule has 0 aliphatic rings. The van der Waals surface area contributed by atoms with Crippen molar-refractivity contribution < 1.29 is 14.6 Å². The number of phenolic OH excluding ortho intramolecular Hbond substituents is 1. The molecule has 0 aliphatic carbocycles. The van der Waals surface area contributed by atoms with E-state index in [0.717, 1.165) is 35.6 Å². The van der Waals surface area contributed by atoms with Crippen LogP contribution < -0.4 is 14.8 Å². The number of hydrogen-bond donors (Lipinski definition) is 2. The molecular weight excluding hydrogens is 302 g/mol. The first-order valence-electron chi connectivity index (χ1n) is 6.93. The molecule has 0 fully saturated rings. The molecule has 0 amide bonds. The van der Waals surface area contributed by atoms with Crippen molar-refractivity contribution in [2.24, 2.45) is 0 Å². The maximum Gasteiger partial charge on any atom is 0.122 e. The molecule has 2 rings (SSSR count). The number of methoxy groups -OCH3 is 2. The summed E-state index contributed by atoms with van der Waals surface area (Å²) < 4.78 is 10.6. The van der Waals surface area contributed by atoms with Crippen molar-refractivity contribution in [1.29, 1.82) is 0 Å². The predicted octanol–water partition coefficient (Wildman–Crippen LogP) is 3.16. The van der Waals surface area contributed by atoms with Gasteiger partial charge < -0.3 is 19.9 Å². The van der Waals surface area contributed by atoms with E-state index >= 15 is 0 Å². The van der Waals surface area contributed by atoms with Crippen molar-refractivity contribution in [2.45, 2.75) is 13.0 Å². The van der Waals surface area contributed by atoms with E-state index in [4.69, 9.17) is 9.47 Å². The molecule has 0 radical (unpaired) electrons. The molecule has 5 heteroatoms. The quantitative estimate of drug-likeness (QED) is 0.768. The Hall–Kier alpha value is -1.91. The second kappa shape index (κ2) is 9.18.